The molecule has 2 N–H and O–H groups in total. The second kappa shape index (κ2) is 9.23. The van der Waals surface area contributed by atoms with E-state index < -0.39 is 0 Å². The Labute approximate surface area is 204 Å². The molecule has 0 spiro atoms. The van der Waals surface area contributed by atoms with Gasteiger partial charge in [0.2, 0.25) is 11.6 Å². The number of aromatic nitrogens is 4. The summed E-state index contributed by atoms with van der Waals surface area (Å²) in [6, 6.07) is 17.8. The van der Waals surface area contributed by atoms with Gasteiger partial charge < -0.3 is 5.32 Å². The number of H-pyrrole nitrogens is 1. The number of hydrogen-bond acceptors (Lipinski definition) is 4. The van der Waals surface area contributed by atoms with Crippen LogP contribution in [0.15, 0.2) is 60.8 Å². The van der Waals surface area contributed by atoms with Crippen LogP contribution in [0.3, 0.4) is 0 Å². The summed E-state index contributed by atoms with van der Waals surface area (Å²) in [5.74, 6) is 1.58. The molecule has 1 unspecified atom stereocenters. The maximum Gasteiger partial charge on any atom is 0.255 e. The molecule has 0 aliphatic carbocycles. The molecule has 35 heavy (non-hydrogen) atoms. The molecular formula is C28H30FN6+. The highest BCUT2D eigenvalue weighted by Gasteiger charge is 2.38. The lowest BCUT2D eigenvalue weighted by atomic mass is 9.99. The van der Waals surface area contributed by atoms with Crippen LogP contribution in [-0.2, 0) is 19.4 Å². The first-order valence-electron chi connectivity index (χ1n) is 12.5. The van der Waals surface area contributed by atoms with Gasteiger partial charge in [0.25, 0.3) is 5.82 Å². The summed E-state index contributed by atoms with van der Waals surface area (Å²) in [6.45, 7) is 5.85. The van der Waals surface area contributed by atoms with Gasteiger partial charge in [-0.3, -0.25) is 4.90 Å². The van der Waals surface area contributed by atoms with Crippen molar-refractivity contribution in [1.82, 2.24) is 19.9 Å². The number of imidazole rings is 1. The summed E-state index contributed by atoms with van der Waals surface area (Å²) in [4.78, 5) is 15.5. The van der Waals surface area contributed by atoms with Gasteiger partial charge in [0.15, 0.2) is 5.69 Å². The van der Waals surface area contributed by atoms with E-state index >= 15 is 0 Å². The van der Waals surface area contributed by atoms with Gasteiger partial charge in [-0.25, -0.2) is 23.9 Å². The Kier molecular flexibility index (Phi) is 5.78. The normalized spacial score (nSPS) is 17.3. The lowest BCUT2D eigenvalue weighted by Crippen LogP contribution is -2.46. The van der Waals surface area contributed by atoms with Crippen molar-refractivity contribution >= 4 is 5.95 Å². The van der Waals surface area contributed by atoms with Crippen LogP contribution in [0.1, 0.15) is 36.3 Å². The number of halogens is 1. The van der Waals surface area contributed by atoms with E-state index in [2.05, 4.69) is 49.0 Å². The zero-order valence-electron chi connectivity index (χ0n) is 20.0. The minimum absolute atomic E-state index is 0.234. The summed E-state index contributed by atoms with van der Waals surface area (Å²) in [5.41, 5.74) is 6.77. The lowest BCUT2D eigenvalue weighted by molar-refractivity contribution is -0.704. The van der Waals surface area contributed by atoms with Crippen LogP contribution < -0.4 is 9.88 Å². The second-order valence-corrected chi connectivity index (χ2v) is 9.41. The number of anilines is 1. The van der Waals surface area contributed by atoms with Crippen molar-refractivity contribution in [3.8, 4) is 22.6 Å². The van der Waals surface area contributed by atoms with E-state index in [0.717, 1.165) is 68.1 Å². The Balaban J connectivity index is 1.39. The molecule has 0 saturated carbocycles. The van der Waals surface area contributed by atoms with Crippen LogP contribution in [0.5, 0.6) is 0 Å². The molecule has 178 valence electrons. The summed E-state index contributed by atoms with van der Waals surface area (Å²) in [6.07, 6.45) is 4.97. The average Bonchev–Trinajstić information content (AvgIpc) is 3.45. The zero-order valence-corrected chi connectivity index (χ0v) is 20.0. The second-order valence-electron chi connectivity index (χ2n) is 9.41. The molecular weight excluding hydrogens is 439 g/mol. The molecule has 6 rings (SSSR count). The average molecular weight is 470 g/mol. The minimum Gasteiger partial charge on any atom is -0.354 e. The van der Waals surface area contributed by atoms with Crippen molar-refractivity contribution in [2.24, 2.45) is 0 Å². The maximum atomic E-state index is 13.7. The molecule has 0 fully saturated rings. The van der Waals surface area contributed by atoms with Crippen LogP contribution in [0.4, 0.5) is 10.3 Å². The van der Waals surface area contributed by atoms with Gasteiger partial charge in [0, 0.05) is 44.4 Å². The number of nitrogens with one attached hydrogen (secondary N) is 2. The number of hydrogen-bond donors (Lipinski definition) is 2. The summed E-state index contributed by atoms with van der Waals surface area (Å²) < 4.78 is 16.1. The quantitative estimate of drug-likeness (QED) is 0.407. The Morgan fingerprint density at radius 3 is 2.74 bits per heavy atom. The van der Waals surface area contributed by atoms with Crippen LogP contribution in [0, 0.1) is 5.82 Å². The van der Waals surface area contributed by atoms with Gasteiger partial charge in [-0.05, 0) is 54.8 Å². The van der Waals surface area contributed by atoms with E-state index in [0.29, 0.717) is 12.0 Å². The molecule has 2 aliphatic heterocycles. The highest BCUT2D eigenvalue weighted by atomic mass is 19.1. The van der Waals surface area contributed by atoms with E-state index in [9.17, 15) is 4.39 Å². The predicted molar refractivity (Wildman–Crippen MR) is 134 cm³/mol. The van der Waals surface area contributed by atoms with Gasteiger partial charge in [-0.1, -0.05) is 24.3 Å². The van der Waals surface area contributed by atoms with Crippen molar-refractivity contribution in [2.45, 2.75) is 38.8 Å². The third-order valence-corrected chi connectivity index (χ3v) is 7.16. The maximum absolute atomic E-state index is 13.7. The molecule has 2 aliphatic rings. The van der Waals surface area contributed by atoms with Crippen LogP contribution >= 0.6 is 0 Å². The van der Waals surface area contributed by atoms with Gasteiger partial charge in [0.1, 0.15) is 17.6 Å². The molecule has 4 aromatic rings. The molecule has 1 atom stereocenters. The summed E-state index contributed by atoms with van der Waals surface area (Å²) in [7, 11) is 0. The Morgan fingerprint density at radius 1 is 1.09 bits per heavy atom. The van der Waals surface area contributed by atoms with Crippen molar-refractivity contribution < 1.29 is 8.96 Å². The van der Waals surface area contributed by atoms with Gasteiger partial charge in [0.05, 0.1) is 6.42 Å². The van der Waals surface area contributed by atoms with Crippen LogP contribution in [-0.4, -0.2) is 39.5 Å². The SMILES string of the molecule is CCNc1nccc(-c2c(-c3ccc(F)cc3)[nH]c3[n+]2C(CN2CCc4ccccc4C2)CC3)n1. The largest absolute Gasteiger partial charge is 0.354 e. The molecule has 2 aromatic carbocycles. The Morgan fingerprint density at radius 2 is 1.91 bits per heavy atom. The fourth-order valence-electron chi connectivity index (χ4n) is 5.53. The number of nitrogens with zero attached hydrogens (tertiary/aromatic N) is 4. The van der Waals surface area contributed by atoms with E-state index in [1.165, 1.54) is 29.1 Å². The van der Waals surface area contributed by atoms with Gasteiger partial charge in [-0.15, -0.1) is 0 Å². The topological polar surface area (TPSA) is 60.7 Å². The molecule has 2 aromatic heterocycles. The molecule has 4 heterocycles. The first-order valence-corrected chi connectivity index (χ1v) is 12.5. The van der Waals surface area contributed by atoms with E-state index in [4.69, 9.17) is 4.98 Å². The number of aryl methyl sites for hydroxylation is 1. The highest BCUT2D eigenvalue weighted by molar-refractivity contribution is 5.74. The van der Waals surface area contributed by atoms with Crippen LogP contribution in [0.25, 0.3) is 22.6 Å². The number of benzene rings is 2. The fourth-order valence-corrected chi connectivity index (χ4v) is 5.53. The number of fused-ring (bicyclic) bond motifs is 2. The van der Waals surface area contributed by atoms with Crippen molar-refractivity contribution in [2.75, 3.05) is 25.0 Å². The molecule has 0 amide bonds. The third kappa shape index (κ3) is 4.21. The number of rotatable bonds is 6. The van der Waals surface area contributed by atoms with Crippen molar-refractivity contribution in [1.29, 1.82) is 0 Å². The molecule has 0 saturated heterocycles. The number of aromatic amines is 1. The van der Waals surface area contributed by atoms with Crippen molar-refractivity contribution in [3.05, 3.63) is 83.6 Å². The third-order valence-electron chi connectivity index (χ3n) is 7.16. The standard InChI is InChI=1S/C28H29FN6/c1-2-30-28-31-15-13-24(32-28)27-26(20-7-9-22(29)10-8-20)33-25-12-11-23(35(25)27)18-34-16-14-19-5-3-4-6-21(19)17-34/h3-10,13,15,23H,2,11-12,14,16-18H2,1H3,(H,30,31,32)/p+1. The lowest BCUT2D eigenvalue weighted by Gasteiger charge is -2.30. The van der Waals surface area contributed by atoms with Crippen molar-refractivity contribution in [3.63, 3.8) is 0 Å². The first kappa shape index (κ1) is 21.9. The summed E-state index contributed by atoms with van der Waals surface area (Å²) >= 11 is 0. The fraction of sp³-hybridized carbons (Fsp3) is 0.321. The smallest absolute Gasteiger partial charge is 0.255 e. The molecule has 0 bridgehead atoms. The Hall–Kier alpha value is -3.58. The zero-order chi connectivity index (χ0) is 23.8. The molecule has 6 nitrogen and oxygen atoms in total. The highest BCUT2D eigenvalue weighted by Crippen LogP contribution is 2.34. The van der Waals surface area contributed by atoms with Crippen LogP contribution in [0.2, 0.25) is 0 Å². The molecule has 0 radical (unpaired) electrons. The van der Waals surface area contributed by atoms with Gasteiger partial charge >= 0.3 is 0 Å². The first-order chi connectivity index (χ1) is 17.2. The Bertz CT molecular complexity index is 1350. The van der Waals surface area contributed by atoms with E-state index in [1.54, 1.807) is 6.20 Å². The van der Waals surface area contributed by atoms with E-state index in [-0.39, 0.29) is 5.82 Å². The molecule has 7 heteroatoms. The summed E-state index contributed by atoms with van der Waals surface area (Å²) in [5, 5.41) is 3.23. The minimum atomic E-state index is -0.234. The van der Waals surface area contributed by atoms with Gasteiger partial charge in [-0.2, -0.15) is 0 Å². The monoisotopic (exact) mass is 469 g/mol. The van der Waals surface area contributed by atoms with E-state index in [1.807, 2.05) is 25.1 Å². The predicted octanol–water partition coefficient (Wildman–Crippen LogP) is 4.54.